The smallest absolute Gasteiger partial charge is 0.172 e. The molecule has 0 aliphatic rings. The normalized spacial score (nSPS) is 12.6. The predicted molar refractivity (Wildman–Crippen MR) is 71.1 cm³/mol. The summed E-state index contributed by atoms with van der Waals surface area (Å²) in [7, 11) is 2.00. The largest absolute Gasteiger partial charge is 0.329 e. The first-order chi connectivity index (χ1) is 8.16. The molecule has 0 fully saturated rings. The quantitative estimate of drug-likeness (QED) is 0.902. The van der Waals surface area contributed by atoms with E-state index >= 15 is 0 Å². The summed E-state index contributed by atoms with van der Waals surface area (Å²) in [5.41, 5.74) is 7.15. The van der Waals surface area contributed by atoms with Crippen molar-refractivity contribution in [3.8, 4) is 0 Å². The number of benzene rings is 1. The standard InChI is InChI=1S/C13H17N3S/c1-10(14)9-11-5-3-4-6-12(11)17-13-15-7-8-16(13)2/h3-8,10H,9,14H2,1-2H3. The second kappa shape index (κ2) is 5.38. The molecule has 4 heteroatoms. The van der Waals surface area contributed by atoms with Gasteiger partial charge in [-0.2, -0.15) is 0 Å². The van der Waals surface area contributed by atoms with Crippen LogP contribution in [0.2, 0.25) is 0 Å². The zero-order valence-corrected chi connectivity index (χ0v) is 10.9. The van der Waals surface area contributed by atoms with Crippen LogP contribution in [0.25, 0.3) is 0 Å². The molecule has 0 bridgehead atoms. The summed E-state index contributed by atoms with van der Waals surface area (Å²) in [4.78, 5) is 5.56. The highest BCUT2D eigenvalue weighted by atomic mass is 32.2. The van der Waals surface area contributed by atoms with Crippen LogP contribution in [0.4, 0.5) is 0 Å². The number of aromatic nitrogens is 2. The minimum atomic E-state index is 0.179. The fourth-order valence-corrected chi connectivity index (χ4v) is 2.61. The SMILES string of the molecule is CC(N)Cc1ccccc1Sc1nccn1C. The second-order valence-electron chi connectivity index (χ2n) is 4.21. The Morgan fingerprint density at radius 1 is 1.41 bits per heavy atom. The zero-order chi connectivity index (χ0) is 12.3. The van der Waals surface area contributed by atoms with Crippen molar-refractivity contribution in [2.24, 2.45) is 12.8 Å². The molecule has 0 saturated carbocycles. The lowest BCUT2D eigenvalue weighted by Crippen LogP contribution is -2.18. The number of nitrogens with two attached hydrogens (primary N) is 1. The van der Waals surface area contributed by atoms with Crippen molar-refractivity contribution in [3.05, 3.63) is 42.2 Å². The number of hydrogen-bond acceptors (Lipinski definition) is 3. The molecule has 17 heavy (non-hydrogen) atoms. The van der Waals surface area contributed by atoms with Crippen molar-refractivity contribution >= 4 is 11.8 Å². The lowest BCUT2D eigenvalue weighted by molar-refractivity contribution is 0.728. The molecule has 0 saturated heterocycles. The molecule has 0 amide bonds. The van der Waals surface area contributed by atoms with Crippen LogP contribution in [0.5, 0.6) is 0 Å². The van der Waals surface area contributed by atoms with Gasteiger partial charge in [0.15, 0.2) is 5.16 Å². The molecule has 1 heterocycles. The van der Waals surface area contributed by atoms with Crippen LogP contribution in [0.3, 0.4) is 0 Å². The fraction of sp³-hybridized carbons (Fsp3) is 0.308. The maximum Gasteiger partial charge on any atom is 0.172 e. The van der Waals surface area contributed by atoms with Crippen LogP contribution in [-0.2, 0) is 13.5 Å². The van der Waals surface area contributed by atoms with Crippen LogP contribution in [0.1, 0.15) is 12.5 Å². The summed E-state index contributed by atoms with van der Waals surface area (Å²) >= 11 is 1.69. The summed E-state index contributed by atoms with van der Waals surface area (Å²) in [5.74, 6) is 0. The Morgan fingerprint density at radius 2 is 2.18 bits per heavy atom. The molecule has 90 valence electrons. The van der Waals surface area contributed by atoms with Gasteiger partial charge in [-0.25, -0.2) is 4.98 Å². The molecule has 1 aromatic carbocycles. The van der Waals surface area contributed by atoms with E-state index in [-0.39, 0.29) is 6.04 Å². The second-order valence-corrected chi connectivity index (χ2v) is 5.22. The van der Waals surface area contributed by atoms with Gasteiger partial charge in [-0.15, -0.1) is 0 Å². The molecule has 0 aliphatic heterocycles. The Morgan fingerprint density at radius 3 is 2.82 bits per heavy atom. The van der Waals surface area contributed by atoms with Crippen molar-refractivity contribution in [1.82, 2.24) is 9.55 Å². The first kappa shape index (κ1) is 12.2. The molecule has 0 aliphatic carbocycles. The number of imidazole rings is 1. The van der Waals surface area contributed by atoms with E-state index in [1.54, 1.807) is 11.8 Å². The average Bonchev–Trinajstić information content (AvgIpc) is 2.67. The monoisotopic (exact) mass is 247 g/mol. The van der Waals surface area contributed by atoms with Gasteiger partial charge >= 0.3 is 0 Å². The number of nitrogens with zero attached hydrogens (tertiary/aromatic N) is 2. The van der Waals surface area contributed by atoms with Crippen molar-refractivity contribution in [2.45, 2.75) is 29.4 Å². The number of aryl methyl sites for hydroxylation is 1. The molecule has 2 N–H and O–H groups in total. The topological polar surface area (TPSA) is 43.8 Å². The Balaban J connectivity index is 2.23. The van der Waals surface area contributed by atoms with Gasteiger partial charge in [0.2, 0.25) is 0 Å². The van der Waals surface area contributed by atoms with Crippen molar-refractivity contribution in [3.63, 3.8) is 0 Å². The molecule has 3 nitrogen and oxygen atoms in total. The van der Waals surface area contributed by atoms with Gasteiger partial charge in [-0.1, -0.05) is 30.0 Å². The Labute approximate surface area is 106 Å². The van der Waals surface area contributed by atoms with Crippen molar-refractivity contribution < 1.29 is 0 Å². The van der Waals surface area contributed by atoms with E-state index in [0.29, 0.717) is 0 Å². The van der Waals surface area contributed by atoms with Crippen molar-refractivity contribution in [1.29, 1.82) is 0 Å². The average molecular weight is 247 g/mol. The minimum Gasteiger partial charge on any atom is -0.329 e. The van der Waals surface area contributed by atoms with E-state index in [4.69, 9.17) is 5.73 Å². The van der Waals surface area contributed by atoms with E-state index in [0.717, 1.165) is 11.6 Å². The predicted octanol–water partition coefficient (Wildman–Crippen LogP) is 2.46. The molecule has 0 spiro atoms. The molecule has 1 unspecified atom stereocenters. The third-order valence-electron chi connectivity index (χ3n) is 2.49. The van der Waals surface area contributed by atoms with Gasteiger partial charge in [0, 0.05) is 30.4 Å². The van der Waals surface area contributed by atoms with Gasteiger partial charge < -0.3 is 10.3 Å². The lowest BCUT2D eigenvalue weighted by Gasteiger charge is -2.10. The van der Waals surface area contributed by atoms with E-state index in [2.05, 4.69) is 29.2 Å². The minimum absolute atomic E-state index is 0.179. The Kier molecular flexibility index (Phi) is 3.86. The number of hydrogen-bond donors (Lipinski definition) is 1. The Bertz CT molecular complexity index is 491. The molecule has 1 atom stereocenters. The first-order valence-electron chi connectivity index (χ1n) is 5.65. The summed E-state index contributed by atoms with van der Waals surface area (Å²) in [6.07, 6.45) is 4.67. The van der Waals surface area contributed by atoms with Gasteiger partial charge in [-0.3, -0.25) is 0 Å². The third-order valence-corrected chi connectivity index (χ3v) is 3.69. The van der Waals surface area contributed by atoms with E-state index in [1.807, 2.05) is 30.9 Å². The van der Waals surface area contributed by atoms with Crippen LogP contribution < -0.4 is 5.73 Å². The maximum atomic E-state index is 5.87. The lowest BCUT2D eigenvalue weighted by atomic mass is 10.1. The summed E-state index contributed by atoms with van der Waals surface area (Å²) in [5, 5.41) is 1.00. The van der Waals surface area contributed by atoms with Crippen molar-refractivity contribution in [2.75, 3.05) is 0 Å². The van der Waals surface area contributed by atoms with E-state index < -0.39 is 0 Å². The summed E-state index contributed by atoms with van der Waals surface area (Å²) in [6, 6.07) is 8.54. The van der Waals surface area contributed by atoms with Gasteiger partial charge in [0.05, 0.1) is 0 Å². The zero-order valence-electron chi connectivity index (χ0n) is 10.1. The van der Waals surface area contributed by atoms with Crippen LogP contribution >= 0.6 is 11.8 Å². The van der Waals surface area contributed by atoms with E-state index in [9.17, 15) is 0 Å². The first-order valence-corrected chi connectivity index (χ1v) is 6.47. The highest BCUT2D eigenvalue weighted by Gasteiger charge is 2.08. The molecular weight excluding hydrogens is 230 g/mol. The van der Waals surface area contributed by atoms with Gasteiger partial charge in [0.25, 0.3) is 0 Å². The van der Waals surface area contributed by atoms with Gasteiger partial charge in [-0.05, 0) is 25.0 Å². The molecule has 2 rings (SSSR count). The Hall–Kier alpha value is -1.26. The molecule has 2 aromatic rings. The number of rotatable bonds is 4. The molecule has 0 radical (unpaired) electrons. The van der Waals surface area contributed by atoms with E-state index in [1.165, 1.54) is 10.5 Å². The van der Waals surface area contributed by atoms with Gasteiger partial charge in [0.1, 0.15) is 0 Å². The molecular formula is C13H17N3S. The van der Waals surface area contributed by atoms with Crippen LogP contribution in [-0.4, -0.2) is 15.6 Å². The highest BCUT2D eigenvalue weighted by Crippen LogP contribution is 2.29. The summed E-state index contributed by atoms with van der Waals surface area (Å²) in [6.45, 7) is 2.03. The molecule has 1 aromatic heterocycles. The maximum absolute atomic E-state index is 5.87. The van der Waals surface area contributed by atoms with Crippen LogP contribution in [0, 0.1) is 0 Å². The summed E-state index contributed by atoms with van der Waals surface area (Å²) < 4.78 is 2.02. The third kappa shape index (κ3) is 3.11. The van der Waals surface area contributed by atoms with Crippen LogP contribution in [0.15, 0.2) is 46.7 Å². The fourth-order valence-electron chi connectivity index (χ4n) is 1.67. The highest BCUT2D eigenvalue weighted by molar-refractivity contribution is 7.99.